The Morgan fingerprint density at radius 3 is 1.89 bits per heavy atom. The van der Waals surface area contributed by atoms with Crippen LogP contribution in [0.3, 0.4) is 0 Å². The van der Waals surface area contributed by atoms with Gasteiger partial charge in [0.2, 0.25) is 0 Å². The molecule has 0 unspecified atom stereocenters. The predicted octanol–water partition coefficient (Wildman–Crippen LogP) is 6.87. The second-order valence-corrected chi connectivity index (χ2v) is 16.1. The Morgan fingerprint density at radius 1 is 0.778 bits per heavy atom. The van der Waals surface area contributed by atoms with E-state index in [2.05, 4.69) is 12.1 Å². The van der Waals surface area contributed by atoms with E-state index in [1.54, 1.807) is 0 Å². The highest BCUT2D eigenvalue weighted by atomic mass is 31.2. The summed E-state index contributed by atoms with van der Waals surface area (Å²) < 4.78 is 28.7. The molecule has 3 aliphatic rings. The second kappa shape index (κ2) is 8.59. The van der Waals surface area contributed by atoms with Gasteiger partial charge in [0.05, 0.1) is 7.14 Å². The van der Waals surface area contributed by atoms with Crippen molar-refractivity contribution in [1.29, 1.82) is 0 Å². The highest BCUT2D eigenvalue weighted by Gasteiger charge is 2.48. The van der Waals surface area contributed by atoms with E-state index in [1.165, 1.54) is 38.5 Å². The zero-order valence-corrected chi connectivity index (χ0v) is 18.5. The number of benzene rings is 1. The lowest BCUT2D eigenvalue weighted by Crippen LogP contribution is -2.29. The van der Waals surface area contributed by atoms with Crippen molar-refractivity contribution in [3.8, 4) is 0 Å². The van der Waals surface area contributed by atoms with Crippen molar-refractivity contribution in [1.82, 2.24) is 0 Å². The molecule has 4 heteroatoms. The lowest BCUT2D eigenvalue weighted by atomic mass is 9.99. The summed E-state index contributed by atoms with van der Waals surface area (Å²) in [6.07, 6.45) is 16.0. The van der Waals surface area contributed by atoms with Gasteiger partial charge in [-0.2, -0.15) is 0 Å². The molecule has 2 atom stereocenters. The molecule has 27 heavy (non-hydrogen) atoms. The van der Waals surface area contributed by atoms with Crippen LogP contribution in [0.5, 0.6) is 0 Å². The molecular formula is C23H36O2P2. The fourth-order valence-electron chi connectivity index (χ4n) is 6.16. The topological polar surface area (TPSA) is 34.1 Å². The first-order valence-corrected chi connectivity index (χ1v) is 15.3. The third-order valence-electron chi connectivity index (χ3n) is 7.69. The molecule has 150 valence electrons. The molecule has 1 saturated heterocycles. The lowest BCUT2D eigenvalue weighted by Gasteiger charge is -2.40. The zero-order valence-electron chi connectivity index (χ0n) is 16.7. The van der Waals surface area contributed by atoms with E-state index in [9.17, 15) is 9.13 Å². The van der Waals surface area contributed by atoms with Gasteiger partial charge in [-0.05, 0) is 38.5 Å². The molecule has 2 aliphatic carbocycles. The van der Waals surface area contributed by atoms with E-state index < -0.39 is 14.3 Å². The van der Waals surface area contributed by atoms with E-state index in [-0.39, 0.29) is 5.66 Å². The van der Waals surface area contributed by atoms with Crippen molar-refractivity contribution in [2.45, 2.75) is 94.0 Å². The maximum atomic E-state index is 14.7. The van der Waals surface area contributed by atoms with Gasteiger partial charge in [0.15, 0.2) is 0 Å². The Morgan fingerprint density at radius 2 is 1.33 bits per heavy atom. The highest BCUT2D eigenvalue weighted by molar-refractivity contribution is 7.74. The van der Waals surface area contributed by atoms with E-state index >= 15 is 0 Å². The monoisotopic (exact) mass is 406 g/mol. The standard InChI is InChI=1S/C23H36O2P2/c24-26(20-11-4-1-5-12-20)18-10-17-23(26)19-27(25,21-13-6-2-7-14-21)22-15-8-3-9-16-22/h1,4-5,11-12,21-23H,2-3,6-10,13-19H2/t23-,26-/m1/s1. The summed E-state index contributed by atoms with van der Waals surface area (Å²) in [6, 6.07) is 10.2. The van der Waals surface area contributed by atoms with Gasteiger partial charge in [0.1, 0.15) is 7.14 Å². The molecule has 1 aliphatic heterocycles. The van der Waals surface area contributed by atoms with Crippen LogP contribution < -0.4 is 5.30 Å². The molecule has 1 aromatic carbocycles. The molecule has 0 amide bonds. The first kappa shape index (κ1) is 20.0. The van der Waals surface area contributed by atoms with Gasteiger partial charge in [-0.1, -0.05) is 68.9 Å². The fourth-order valence-corrected chi connectivity index (χ4v) is 15.5. The molecule has 3 fully saturated rings. The Labute approximate surface area is 165 Å². The van der Waals surface area contributed by atoms with Gasteiger partial charge in [0.25, 0.3) is 0 Å². The summed E-state index contributed by atoms with van der Waals surface area (Å²) in [6.45, 7) is 0. The number of rotatable bonds is 5. The third kappa shape index (κ3) is 4.04. The van der Waals surface area contributed by atoms with E-state index in [1.807, 2.05) is 18.2 Å². The first-order chi connectivity index (χ1) is 13.1. The predicted molar refractivity (Wildman–Crippen MR) is 118 cm³/mol. The van der Waals surface area contributed by atoms with Crippen molar-refractivity contribution in [3.63, 3.8) is 0 Å². The van der Waals surface area contributed by atoms with Crippen LogP contribution in [0.4, 0.5) is 0 Å². The molecule has 1 aromatic rings. The van der Waals surface area contributed by atoms with Crippen molar-refractivity contribution in [3.05, 3.63) is 30.3 Å². The van der Waals surface area contributed by atoms with Crippen LogP contribution in [0.2, 0.25) is 0 Å². The average molecular weight is 406 g/mol. The van der Waals surface area contributed by atoms with E-state index in [0.29, 0.717) is 11.3 Å². The highest BCUT2D eigenvalue weighted by Crippen LogP contribution is 2.68. The summed E-state index contributed by atoms with van der Waals surface area (Å²) in [4.78, 5) is 0. The molecule has 0 N–H and O–H groups in total. The summed E-state index contributed by atoms with van der Waals surface area (Å²) in [7, 11) is -4.70. The van der Waals surface area contributed by atoms with Crippen molar-refractivity contribution in [2.24, 2.45) is 0 Å². The normalized spacial score (nSPS) is 31.2. The van der Waals surface area contributed by atoms with Crippen LogP contribution in [0.15, 0.2) is 30.3 Å². The van der Waals surface area contributed by atoms with Crippen LogP contribution in [0, 0.1) is 0 Å². The maximum Gasteiger partial charge on any atom is 0.119 e. The minimum absolute atomic E-state index is 0.176. The molecule has 2 saturated carbocycles. The lowest BCUT2D eigenvalue weighted by molar-refractivity contribution is 0.446. The summed E-state index contributed by atoms with van der Waals surface area (Å²) >= 11 is 0. The van der Waals surface area contributed by atoms with Crippen LogP contribution in [0.25, 0.3) is 0 Å². The van der Waals surface area contributed by atoms with Gasteiger partial charge in [0, 0.05) is 34.6 Å². The third-order valence-corrected chi connectivity index (χ3v) is 16.3. The second-order valence-electron chi connectivity index (χ2n) is 9.27. The summed E-state index contributed by atoms with van der Waals surface area (Å²) in [5.41, 5.74) is 1.04. The van der Waals surface area contributed by atoms with E-state index in [0.717, 1.165) is 56.2 Å². The summed E-state index contributed by atoms with van der Waals surface area (Å²) in [5.74, 6) is 0. The number of hydrogen-bond donors (Lipinski definition) is 0. The molecule has 0 spiro atoms. The number of hydrogen-bond acceptors (Lipinski definition) is 2. The Balaban J connectivity index is 1.62. The van der Waals surface area contributed by atoms with E-state index in [4.69, 9.17) is 0 Å². The van der Waals surface area contributed by atoms with Crippen molar-refractivity contribution in [2.75, 3.05) is 12.3 Å². The molecule has 4 rings (SSSR count). The fraction of sp³-hybridized carbons (Fsp3) is 0.739. The van der Waals surface area contributed by atoms with Gasteiger partial charge < -0.3 is 9.13 Å². The molecule has 2 nitrogen and oxygen atoms in total. The zero-order chi connectivity index (χ0) is 18.7. The van der Waals surface area contributed by atoms with Gasteiger partial charge in [-0.15, -0.1) is 0 Å². The first-order valence-electron chi connectivity index (χ1n) is 11.4. The van der Waals surface area contributed by atoms with Crippen molar-refractivity contribution < 1.29 is 9.13 Å². The minimum Gasteiger partial charge on any atom is -0.323 e. The molecule has 0 aromatic heterocycles. The quantitative estimate of drug-likeness (QED) is 0.500. The van der Waals surface area contributed by atoms with Crippen LogP contribution in [-0.4, -0.2) is 29.3 Å². The Bertz CT molecular complexity index is 680. The minimum atomic E-state index is -2.40. The molecule has 0 bridgehead atoms. The SMILES string of the molecule is O=P(C[C@H]1CCC[P@@]1(=O)c1ccccc1)(C1CCCCC1)C1CCCCC1. The van der Waals surface area contributed by atoms with Gasteiger partial charge in [-0.3, -0.25) is 0 Å². The van der Waals surface area contributed by atoms with Crippen molar-refractivity contribution >= 4 is 19.6 Å². The van der Waals surface area contributed by atoms with Gasteiger partial charge in [-0.25, -0.2) is 0 Å². The molecule has 0 radical (unpaired) electrons. The molecule has 1 heterocycles. The molecular weight excluding hydrogens is 370 g/mol. The average Bonchev–Trinajstić information content (AvgIpc) is 3.11. The smallest absolute Gasteiger partial charge is 0.119 e. The van der Waals surface area contributed by atoms with Crippen LogP contribution in [-0.2, 0) is 9.13 Å². The van der Waals surface area contributed by atoms with Gasteiger partial charge >= 0.3 is 0 Å². The maximum absolute atomic E-state index is 14.7. The largest absolute Gasteiger partial charge is 0.323 e. The Hall–Kier alpha value is -0.320. The van der Waals surface area contributed by atoms with Crippen LogP contribution in [0.1, 0.15) is 77.0 Å². The van der Waals surface area contributed by atoms with Crippen LogP contribution >= 0.6 is 14.3 Å². The Kier molecular flexibility index (Phi) is 6.35. The summed E-state index contributed by atoms with van der Waals surface area (Å²) in [5, 5.41) is 1.05.